The number of benzene rings is 1. The third-order valence-corrected chi connectivity index (χ3v) is 3.43. The molecular formula is C18H24N2O. The van der Waals surface area contributed by atoms with Crippen LogP contribution in [0.1, 0.15) is 37.4 Å². The summed E-state index contributed by atoms with van der Waals surface area (Å²) in [5.41, 5.74) is 3.34. The Bertz CT molecular complexity index is 537. The van der Waals surface area contributed by atoms with Gasteiger partial charge >= 0.3 is 0 Å². The summed E-state index contributed by atoms with van der Waals surface area (Å²) in [6.45, 7) is 5.81. The second-order valence-corrected chi connectivity index (χ2v) is 5.19. The first-order valence-electron chi connectivity index (χ1n) is 7.67. The number of hydrogen-bond acceptors (Lipinski definition) is 3. The van der Waals surface area contributed by atoms with Crippen molar-refractivity contribution >= 4 is 5.69 Å². The van der Waals surface area contributed by atoms with Crippen molar-refractivity contribution in [2.75, 3.05) is 11.9 Å². The fourth-order valence-electron chi connectivity index (χ4n) is 2.11. The zero-order valence-electron chi connectivity index (χ0n) is 12.9. The first-order valence-corrected chi connectivity index (χ1v) is 7.67. The molecule has 1 N–H and O–H groups in total. The topological polar surface area (TPSA) is 34.1 Å². The Morgan fingerprint density at radius 2 is 1.90 bits per heavy atom. The number of anilines is 1. The minimum absolute atomic E-state index is 0.794. The molecule has 0 aliphatic rings. The van der Waals surface area contributed by atoms with Crippen LogP contribution in [0.3, 0.4) is 0 Å². The van der Waals surface area contributed by atoms with Gasteiger partial charge in [0.2, 0.25) is 0 Å². The number of aromatic nitrogens is 1. The molecule has 2 aromatic rings. The predicted molar refractivity (Wildman–Crippen MR) is 87.8 cm³/mol. The average Bonchev–Trinajstić information content (AvgIpc) is 2.52. The summed E-state index contributed by atoms with van der Waals surface area (Å²) in [7, 11) is 0. The predicted octanol–water partition coefficient (Wildman–Crippen LogP) is 4.57. The molecule has 0 spiro atoms. The maximum absolute atomic E-state index is 5.71. The number of nitrogens with zero attached hydrogens (tertiary/aromatic N) is 1. The van der Waals surface area contributed by atoms with Gasteiger partial charge in [0.05, 0.1) is 18.0 Å². The van der Waals surface area contributed by atoms with Crippen LogP contribution in [0.5, 0.6) is 5.75 Å². The molecule has 3 heteroatoms. The van der Waals surface area contributed by atoms with Gasteiger partial charge in [0.25, 0.3) is 0 Å². The van der Waals surface area contributed by atoms with Crippen LogP contribution in [0.2, 0.25) is 0 Å². The van der Waals surface area contributed by atoms with E-state index in [4.69, 9.17) is 4.74 Å². The average molecular weight is 284 g/mol. The Kier molecular flexibility index (Phi) is 6.07. The van der Waals surface area contributed by atoms with Crippen LogP contribution in [0.4, 0.5) is 5.69 Å². The summed E-state index contributed by atoms with van der Waals surface area (Å²) in [5, 5.41) is 3.41. The van der Waals surface area contributed by atoms with Crippen LogP contribution in [0.25, 0.3) is 0 Å². The van der Waals surface area contributed by atoms with E-state index in [0.717, 1.165) is 36.7 Å². The first kappa shape index (κ1) is 15.4. The molecule has 0 atom stereocenters. The molecule has 0 fully saturated rings. The van der Waals surface area contributed by atoms with Crippen molar-refractivity contribution in [3.8, 4) is 5.75 Å². The van der Waals surface area contributed by atoms with E-state index in [9.17, 15) is 0 Å². The number of aryl methyl sites for hydroxylation is 1. The van der Waals surface area contributed by atoms with Gasteiger partial charge in [-0.2, -0.15) is 0 Å². The Morgan fingerprint density at radius 3 is 2.62 bits per heavy atom. The molecule has 1 aromatic carbocycles. The molecule has 0 radical (unpaired) electrons. The lowest BCUT2D eigenvalue weighted by Gasteiger charge is -2.10. The monoisotopic (exact) mass is 284 g/mol. The van der Waals surface area contributed by atoms with E-state index in [2.05, 4.69) is 29.4 Å². The van der Waals surface area contributed by atoms with Crippen LogP contribution in [0, 0.1) is 6.92 Å². The number of ether oxygens (including phenoxy) is 1. The van der Waals surface area contributed by atoms with E-state index in [1.165, 1.54) is 18.4 Å². The lowest BCUT2D eigenvalue weighted by molar-refractivity contribution is 0.306. The summed E-state index contributed by atoms with van der Waals surface area (Å²) in [5.74, 6) is 0.951. The van der Waals surface area contributed by atoms with Crippen LogP contribution >= 0.6 is 0 Å². The van der Waals surface area contributed by atoms with E-state index in [0.29, 0.717) is 0 Å². The molecule has 0 saturated heterocycles. The van der Waals surface area contributed by atoms with Gasteiger partial charge < -0.3 is 10.1 Å². The quantitative estimate of drug-likeness (QED) is 0.721. The second kappa shape index (κ2) is 8.30. The van der Waals surface area contributed by atoms with Crippen molar-refractivity contribution in [1.29, 1.82) is 0 Å². The van der Waals surface area contributed by atoms with E-state index >= 15 is 0 Å². The number of pyridine rings is 1. The van der Waals surface area contributed by atoms with Crippen LogP contribution < -0.4 is 10.1 Å². The van der Waals surface area contributed by atoms with Crippen molar-refractivity contribution in [1.82, 2.24) is 4.98 Å². The van der Waals surface area contributed by atoms with E-state index in [1.54, 1.807) is 0 Å². The molecule has 0 aliphatic carbocycles. The fraction of sp³-hybridized carbons (Fsp3) is 0.389. The lowest BCUT2D eigenvalue weighted by atomic mass is 10.2. The molecule has 3 nitrogen and oxygen atoms in total. The minimum atomic E-state index is 0.794. The molecular weight excluding hydrogens is 260 g/mol. The third kappa shape index (κ3) is 5.10. The summed E-state index contributed by atoms with van der Waals surface area (Å²) < 4.78 is 5.71. The number of nitrogens with one attached hydrogen (secondary N) is 1. The minimum Gasteiger partial charge on any atom is -0.494 e. The van der Waals surface area contributed by atoms with Crippen molar-refractivity contribution in [2.24, 2.45) is 0 Å². The molecule has 2 rings (SSSR count). The Labute approximate surface area is 127 Å². The highest BCUT2D eigenvalue weighted by molar-refractivity contribution is 5.47. The van der Waals surface area contributed by atoms with Gasteiger partial charge in [-0.3, -0.25) is 4.98 Å². The SMILES string of the molecule is CCCCCOc1ccc(CNc2cccnc2C)cc1. The maximum Gasteiger partial charge on any atom is 0.119 e. The standard InChI is InChI=1S/C18H24N2O/c1-3-4-5-13-21-17-10-8-16(9-11-17)14-20-18-7-6-12-19-15(18)2/h6-12,20H,3-5,13-14H2,1-2H3. The molecule has 1 aromatic heterocycles. The molecule has 0 amide bonds. The van der Waals surface area contributed by atoms with Gasteiger partial charge in [0.15, 0.2) is 0 Å². The van der Waals surface area contributed by atoms with E-state index in [1.807, 2.05) is 37.4 Å². The number of rotatable bonds is 8. The normalized spacial score (nSPS) is 10.4. The highest BCUT2D eigenvalue weighted by atomic mass is 16.5. The van der Waals surface area contributed by atoms with Gasteiger partial charge in [-0.15, -0.1) is 0 Å². The van der Waals surface area contributed by atoms with Crippen molar-refractivity contribution in [3.05, 3.63) is 53.9 Å². The smallest absolute Gasteiger partial charge is 0.119 e. The van der Waals surface area contributed by atoms with Gasteiger partial charge in [0, 0.05) is 12.7 Å². The van der Waals surface area contributed by atoms with Crippen LogP contribution in [-0.4, -0.2) is 11.6 Å². The van der Waals surface area contributed by atoms with E-state index < -0.39 is 0 Å². The number of unbranched alkanes of at least 4 members (excludes halogenated alkanes) is 2. The molecule has 0 aliphatic heterocycles. The Balaban J connectivity index is 1.81. The summed E-state index contributed by atoms with van der Waals surface area (Å²) in [6.07, 6.45) is 5.39. The van der Waals surface area contributed by atoms with Crippen LogP contribution in [-0.2, 0) is 6.54 Å². The lowest BCUT2D eigenvalue weighted by Crippen LogP contribution is -2.02. The van der Waals surface area contributed by atoms with Gasteiger partial charge in [-0.25, -0.2) is 0 Å². The molecule has 112 valence electrons. The molecule has 0 saturated carbocycles. The maximum atomic E-state index is 5.71. The van der Waals surface area contributed by atoms with Gasteiger partial charge in [-0.1, -0.05) is 31.9 Å². The van der Waals surface area contributed by atoms with E-state index in [-0.39, 0.29) is 0 Å². The largest absolute Gasteiger partial charge is 0.494 e. The second-order valence-electron chi connectivity index (χ2n) is 5.19. The van der Waals surface area contributed by atoms with Crippen molar-refractivity contribution < 1.29 is 4.74 Å². The molecule has 1 heterocycles. The van der Waals surface area contributed by atoms with Crippen molar-refractivity contribution in [2.45, 2.75) is 39.7 Å². The zero-order valence-corrected chi connectivity index (χ0v) is 12.9. The Hall–Kier alpha value is -2.03. The molecule has 0 bridgehead atoms. The number of hydrogen-bond donors (Lipinski definition) is 1. The highest BCUT2D eigenvalue weighted by Crippen LogP contribution is 2.15. The zero-order chi connectivity index (χ0) is 14.9. The summed E-state index contributed by atoms with van der Waals surface area (Å²) in [6, 6.07) is 12.3. The first-order chi connectivity index (χ1) is 10.3. The highest BCUT2D eigenvalue weighted by Gasteiger charge is 1.99. The van der Waals surface area contributed by atoms with Gasteiger partial charge in [-0.05, 0) is 43.2 Å². The summed E-state index contributed by atoms with van der Waals surface area (Å²) in [4.78, 5) is 4.27. The fourth-order valence-corrected chi connectivity index (χ4v) is 2.11. The third-order valence-electron chi connectivity index (χ3n) is 3.43. The Morgan fingerprint density at radius 1 is 1.10 bits per heavy atom. The molecule has 0 unspecified atom stereocenters. The van der Waals surface area contributed by atoms with Gasteiger partial charge in [0.1, 0.15) is 5.75 Å². The summed E-state index contributed by atoms with van der Waals surface area (Å²) >= 11 is 0. The molecule has 21 heavy (non-hydrogen) atoms. The van der Waals surface area contributed by atoms with Crippen molar-refractivity contribution in [3.63, 3.8) is 0 Å². The van der Waals surface area contributed by atoms with Crippen LogP contribution in [0.15, 0.2) is 42.6 Å².